The molecule has 0 heterocycles. The van der Waals surface area contributed by atoms with E-state index < -0.39 is 18.5 Å². The molecule has 4 nitrogen and oxygen atoms in total. The molecule has 0 aliphatic rings. The topological polar surface area (TPSA) is 73.2 Å². The fourth-order valence-corrected chi connectivity index (χ4v) is 0.300. The van der Waals surface area contributed by atoms with E-state index in [-0.39, 0.29) is 51.4 Å². The van der Waals surface area contributed by atoms with E-state index in [2.05, 4.69) is 4.74 Å². The van der Waals surface area contributed by atoms with Crippen LogP contribution in [0.3, 0.4) is 0 Å². The summed E-state index contributed by atoms with van der Waals surface area (Å²) in [4.78, 5) is 10.3. The number of rotatable bonds is 2. The van der Waals surface area contributed by atoms with Crippen molar-refractivity contribution in [2.45, 2.75) is 0 Å². The van der Waals surface area contributed by atoms with Crippen LogP contribution in [0, 0.1) is 17.2 Å². The Balaban J connectivity index is 0. The summed E-state index contributed by atoms with van der Waals surface area (Å²) in [6, 6.07) is 1.52. The maximum Gasteiger partial charge on any atom is 1.00 e. The van der Waals surface area contributed by atoms with Crippen molar-refractivity contribution in [2.24, 2.45) is 5.92 Å². The molecule has 0 aliphatic heterocycles. The Bertz CT molecular complexity index is 142. The number of nitriles is 1. The van der Waals surface area contributed by atoms with E-state index in [0.29, 0.717) is 0 Å². The van der Waals surface area contributed by atoms with Crippen LogP contribution in [0.5, 0.6) is 0 Å². The standard InChI is InChI=1S/C5H6NO3.K/c1-9-5(8)4(2-6)3-7;/h4H,3H2,1H3;/q-1;+1. The van der Waals surface area contributed by atoms with Crippen LogP contribution in [0.2, 0.25) is 0 Å². The van der Waals surface area contributed by atoms with Gasteiger partial charge in [0.2, 0.25) is 0 Å². The summed E-state index contributed by atoms with van der Waals surface area (Å²) in [5, 5.41) is 18.0. The molecule has 0 aromatic rings. The smallest absolute Gasteiger partial charge is 0.853 e. The Morgan fingerprint density at radius 1 is 1.90 bits per heavy atom. The summed E-state index contributed by atoms with van der Waals surface area (Å²) >= 11 is 0. The van der Waals surface area contributed by atoms with Crippen molar-refractivity contribution in [3.05, 3.63) is 0 Å². The van der Waals surface area contributed by atoms with E-state index >= 15 is 0 Å². The Labute approximate surface area is 102 Å². The van der Waals surface area contributed by atoms with Crippen LogP contribution >= 0.6 is 0 Å². The van der Waals surface area contributed by atoms with Gasteiger partial charge in [-0.15, -0.1) is 6.61 Å². The molecule has 10 heavy (non-hydrogen) atoms. The van der Waals surface area contributed by atoms with E-state index in [9.17, 15) is 9.90 Å². The van der Waals surface area contributed by atoms with Gasteiger partial charge in [-0.2, -0.15) is 5.26 Å². The van der Waals surface area contributed by atoms with E-state index in [4.69, 9.17) is 5.26 Å². The molecule has 0 rings (SSSR count). The third kappa shape index (κ3) is 4.38. The number of methoxy groups -OCH3 is 1. The van der Waals surface area contributed by atoms with Crippen molar-refractivity contribution >= 4 is 5.97 Å². The molecule has 0 aliphatic carbocycles. The molecule has 0 saturated heterocycles. The predicted octanol–water partition coefficient (Wildman–Crippen LogP) is -4.34. The average molecular weight is 167 g/mol. The maximum absolute atomic E-state index is 10.3. The maximum atomic E-state index is 10.3. The molecule has 0 spiro atoms. The molecular weight excluding hydrogens is 161 g/mol. The minimum Gasteiger partial charge on any atom is -0.853 e. The van der Waals surface area contributed by atoms with Gasteiger partial charge in [-0.3, -0.25) is 4.79 Å². The van der Waals surface area contributed by atoms with E-state index in [1.165, 1.54) is 6.07 Å². The summed E-state index contributed by atoms with van der Waals surface area (Å²) in [6.07, 6.45) is 0. The van der Waals surface area contributed by atoms with Gasteiger partial charge in [-0.1, -0.05) is 0 Å². The van der Waals surface area contributed by atoms with Crippen LogP contribution in [0.1, 0.15) is 0 Å². The summed E-state index contributed by atoms with van der Waals surface area (Å²) in [5.74, 6) is -1.90. The summed E-state index contributed by atoms with van der Waals surface area (Å²) in [6.45, 7) is -0.733. The minimum absolute atomic E-state index is 0. The largest absolute Gasteiger partial charge is 1.00 e. The molecule has 1 unspecified atom stereocenters. The van der Waals surface area contributed by atoms with Crippen molar-refractivity contribution in [1.82, 2.24) is 0 Å². The van der Waals surface area contributed by atoms with Gasteiger partial charge < -0.3 is 9.84 Å². The third-order valence-corrected chi connectivity index (χ3v) is 0.808. The van der Waals surface area contributed by atoms with Gasteiger partial charge in [-0.05, 0) is 0 Å². The molecular formula is C5H6KNO3. The third-order valence-electron chi connectivity index (χ3n) is 0.808. The molecule has 0 amide bonds. The number of esters is 1. The Morgan fingerprint density at radius 2 is 2.40 bits per heavy atom. The number of nitrogens with zero attached hydrogens (tertiary/aromatic N) is 1. The first-order chi connectivity index (χ1) is 4.26. The van der Waals surface area contributed by atoms with E-state index in [0.717, 1.165) is 7.11 Å². The van der Waals surface area contributed by atoms with Crippen LogP contribution < -0.4 is 56.5 Å². The molecule has 0 N–H and O–H groups in total. The minimum atomic E-state index is -1.14. The van der Waals surface area contributed by atoms with Gasteiger partial charge >= 0.3 is 57.4 Å². The van der Waals surface area contributed by atoms with Crippen LogP contribution in [0.15, 0.2) is 0 Å². The van der Waals surface area contributed by atoms with Crippen LogP contribution in [0.4, 0.5) is 0 Å². The molecule has 0 aromatic carbocycles. The number of hydrogen-bond donors (Lipinski definition) is 0. The predicted molar refractivity (Wildman–Crippen MR) is 26.0 cm³/mol. The molecule has 50 valence electrons. The Hall–Kier alpha value is 0.556. The van der Waals surface area contributed by atoms with Crippen LogP contribution in [0.25, 0.3) is 0 Å². The SMILES string of the molecule is COC(=O)C(C#N)C[O-].[K+]. The number of carbonyl (C=O) groups is 1. The Morgan fingerprint density at radius 3 is 2.50 bits per heavy atom. The number of carbonyl (C=O) groups excluding carboxylic acids is 1. The summed E-state index contributed by atoms with van der Waals surface area (Å²) < 4.78 is 4.13. The zero-order valence-electron chi connectivity index (χ0n) is 5.96. The van der Waals surface area contributed by atoms with Crippen LogP contribution in [-0.4, -0.2) is 19.7 Å². The molecule has 0 aromatic heterocycles. The molecule has 0 bridgehead atoms. The zero-order chi connectivity index (χ0) is 7.28. The zero-order valence-corrected chi connectivity index (χ0v) is 9.08. The van der Waals surface area contributed by atoms with E-state index in [1.54, 1.807) is 0 Å². The first kappa shape index (κ1) is 13.2. The van der Waals surface area contributed by atoms with Gasteiger partial charge in [0.05, 0.1) is 13.2 Å². The molecule has 0 radical (unpaired) electrons. The first-order valence-electron chi connectivity index (χ1n) is 2.31. The molecule has 5 heteroatoms. The second kappa shape index (κ2) is 7.66. The van der Waals surface area contributed by atoms with Crippen molar-refractivity contribution in [3.8, 4) is 6.07 Å². The second-order valence-corrected chi connectivity index (χ2v) is 1.37. The van der Waals surface area contributed by atoms with Crippen molar-refractivity contribution < 1.29 is 66.0 Å². The van der Waals surface area contributed by atoms with Gasteiger partial charge in [0.15, 0.2) is 0 Å². The normalized spacial score (nSPS) is 10.5. The summed E-state index contributed by atoms with van der Waals surface area (Å²) in [7, 11) is 1.14. The summed E-state index contributed by atoms with van der Waals surface area (Å²) in [5.41, 5.74) is 0. The second-order valence-electron chi connectivity index (χ2n) is 1.37. The fourth-order valence-electron chi connectivity index (χ4n) is 0.300. The Kier molecular flexibility index (Phi) is 10.1. The number of ether oxygens (including phenoxy) is 1. The average Bonchev–Trinajstić information content (AvgIpc) is 1.90. The van der Waals surface area contributed by atoms with Gasteiger partial charge in [0.1, 0.15) is 5.92 Å². The quantitative estimate of drug-likeness (QED) is 0.308. The molecule has 1 atom stereocenters. The first-order valence-corrected chi connectivity index (χ1v) is 2.31. The molecule has 0 saturated carbocycles. The van der Waals surface area contributed by atoms with Gasteiger partial charge in [-0.25, -0.2) is 0 Å². The van der Waals surface area contributed by atoms with Crippen LogP contribution in [-0.2, 0) is 9.53 Å². The van der Waals surface area contributed by atoms with Gasteiger partial charge in [0, 0.05) is 0 Å². The number of hydrogen-bond acceptors (Lipinski definition) is 4. The van der Waals surface area contributed by atoms with Crippen molar-refractivity contribution in [2.75, 3.05) is 13.7 Å². The molecule has 0 fully saturated rings. The van der Waals surface area contributed by atoms with E-state index in [1.807, 2.05) is 0 Å². The monoisotopic (exact) mass is 167 g/mol. The fraction of sp³-hybridized carbons (Fsp3) is 0.600. The van der Waals surface area contributed by atoms with Gasteiger partial charge in [0.25, 0.3) is 0 Å². The van der Waals surface area contributed by atoms with Crippen molar-refractivity contribution in [1.29, 1.82) is 5.26 Å². The van der Waals surface area contributed by atoms with Crippen molar-refractivity contribution in [3.63, 3.8) is 0 Å².